The summed E-state index contributed by atoms with van der Waals surface area (Å²) in [5, 5.41) is 0. The van der Waals surface area contributed by atoms with Crippen molar-refractivity contribution in [3.63, 3.8) is 0 Å². The Morgan fingerprint density at radius 3 is 2.20 bits per heavy atom. The molecular formula is C29H41NO5. The Hall–Kier alpha value is -2.73. The van der Waals surface area contributed by atoms with E-state index in [1.165, 1.54) is 0 Å². The van der Waals surface area contributed by atoms with Gasteiger partial charge in [0.25, 0.3) is 5.91 Å². The minimum Gasteiger partial charge on any atom is -0.493 e. The van der Waals surface area contributed by atoms with Crippen molar-refractivity contribution in [1.29, 1.82) is 0 Å². The molecule has 0 N–H and O–H groups in total. The number of ether oxygens (including phenoxy) is 4. The van der Waals surface area contributed by atoms with Crippen molar-refractivity contribution in [2.45, 2.75) is 72.4 Å². The van der Waals surface area contributed by atoms with Crippen molar-refractivity contribution in [2.24, 2.45) is 0 Å². The molecule has 1 aliphatic heterocycles. The summed E-state index contributed by atoms with van der Waals surface area (Å²) >= 11 is 0. The molecule has 0 atom stereocenters. The van der Waals surface area contributed by atoms with Gasteiger partial charge in [-0.2, -0.15) is 0 Å². The molecule has 0 spiro atoms. The van der Waals surface area contributed by atoms with Crippen LogP contribution in [-0.2, 0) is 17.8 Å². The minimum absolute atomic E-state index is 0.0171. The highest BCUT2D eigenvalue weighted by Crippen LogP contribution is 2.36. The third-order valence-corrected chi connectivity index (χ3v) is 6.22. The zero-order valence-corrected chi connectivity index (χ0v) is 22.0. The Kier molecular flexibility index (Phi) is 10.3. The highest BCUT2D eigenvalue weighted by Gasteiger charge is 2.28. The van der Waals surface area contributed by atoms with Gasteiger partial charge < -0.3 is 23.8 Å². The lowest BCUT2D eigenvalue weighted by molar-refractivity contribution is 0.0746. The van der Waals surface area contributed by atoms with Gasteiger partial charge in [-0.15, -0.1) is 0 Å². The van der Waals surface area contributed by atoms with Crippen LogP contribution in [0.15, 0.2) is 30.3 Å². The van der Waals surface area contributed by atoms with Crippen LogP contribution < -0.4 is 14.2 Å². The number of amides is 1. The largest absolute Gasteiger partial charge is 0.493 e. The molecule has 3 rings (SSSR count). The lowest BCUT2D eigenvalue weighted by Crippen LogP contribution is -2.26. The second-order valence-corrected chi connectivity index (χ2v) is 9.38. The zero-order valence-electron chi connectivity index (χ0n) is 22.0. The van der Waals surface area contributed by atoms with Crippen LogP contribution in [0.1, 0.15) is 86.3 Å². The molecule has 0 radical (unpaired) electrons. The molecule has 1 amide bonds. The molecule has 2 aromatic carbocycles. The molecule has 35 heavy (non-hydrogen) atoms. The van der Waals surface area contributed by atoms with E-state index < -0.39 is 0 Å². The third kappa shape index (κ3) is 7.14. The normalized spacial score (nSPS) is 12.7. The first-order valence-corrected chi connectivity index (χ1v) is 12.9. The molecule has 0 aliphatic carbocycles. The lowest BCUT2D eigenvalue weighted by Gasteiger charge is -2.22. The van der Waals surface area contributed by atoms with Crippen LogP contribution in [0.25, 0.3) is 0 Å². The molecule has 6 nitrogen and oxygen atoms in total. The van der Waals surface area contributed by atoms with E-state index in [9.17, 15) is 4.79 Å². The highest BCUT2D eigenvalue weighted by molar-refractivity contribution is 5.98. The number of fused-ring (bicyclic) bond motifs is 1. The average Bonchev–Trinajstić information content (AvgIpc) is 3.27. The first-order valence-electron chi connectivity index (χ1n) is 12.9. The number of unbranched alkanes of at least 4 members (excludes halogenated alkanes) is 2. The topological polar surface area (TPSA) is 57.2 Å². The van der Waals surface area contributed by atoms with Crippen molar-refractivity contribution < 1.29 is 23.7 Å². The maximum atomic E-state index is 13.8. The zero-order chi connectivity index (χ0) is 25.2. The number of hydrogen-bond donors (Lipinski definition) is 0. The van der Waals surface area contributed by atoms with Gasteiger partial charge in [0.2, 0.25) is 0 Å². The van der Waals surface area contributed by atoms with Gasteiger partial charge in [0.1, 0.15) is 23.9 Å². The fourth-order valence-electron chi connectivity index (χ4n) is 4.11. The molecule has 0 bridgehead atoms. The van der Waals surface area contributed by atoms with Gasteiger partial charge in [-0.3, -0.25) is 4.79 Å². The van der Waals surface area contributed by atoms with E-state index in [-0.39, 0.29) is 11.8 Å². The maximum Gasteiger partial charge on any atom is 0.258 e. The number of hydrogen-bond acceptors (Lipinski definition) is 5. The van der Waals surface area contributed by atoms with E-state index in [4.69, 9.17) is 18.9 Å². The van der Waals surface area contributed by atoms with Gasteiger partial charge in [-0.05, 0) is 53.6 Å². The van der Waals surface area contributed by atoms with E-state index in [0.717, 1.165) is 53.9 Å². The molecule has 192 valence electrons. The average molecular weight is 484 g/mol. The summed E-state index contributed by atoms with van der Waals surface area (Å²) in [4.78, 5) is 15.7. The van der Waals surface area contributed by atoms with Crippen molar-refractivity contribution in [3.05, 3.63) is 52.6 Å². The number of rotatable bonds is 14. The first kappa shape index (κ1) is 26.9. The Morgan fingerprint density at radius 2 is 1.54 bits per heavy atom. The van der Waals surface area contributed by atoms with E-state index in [0.29, 0.717) is 50.8 Å². The fraction of sp³-hybridized carbons (Fsp3) is 0.552. The quantitative estimate of drug-likeness (QED) is 0.293. The van der Waals surface area contributed by atoms with Crippen LogP contribution in [0.4, 0.5) is 0 Å². The third-order valence-electron chi connectivity index (χ3n) is 6.22. The van der Waals surface area contributed by atoms with Crippen molar-refractivity contribution in [3.8, 4) is 17.2 Å². The number of methoxy groups -OCH3 is 1. The summed E-state index contributed by atoms with van der Waals surface area (Å²) in [6.07, 6.45) is 4.03. The van der Waals surface area contributed by atoms with Gasteiger partial charge in [0.05, 0.1) is 25.4 Å². The molecule has 0 fully saturated rings. The minimum atomic E-state index is -0.0171. The predicted octanol–water partition coefficient (Wildman–Crippen LogP) is 6.35. The van der Waals surface area contributed by atoms with Crippen LogP contribution >= 0.6 is 0 Å². The van der Waals surface area contributed by atoms with Crippen LogP contribution in [0.2, 0.25) is 0 Å². The molecule has 0 aromatic heterocycles. The highest BCUT2D eigenvalue weighted by atomic mass is 16.5. The summed E-state index contributed by atoms with van der Waals surface area (Å²) in [7, 11) is 1.66. The number of carbonyl (C=O) groups is 1. The van der Waals surface area contributed by atoms with E-state index in [1.807, 2.05) is 35.2 Å². The number of benzene rings is 2. The Bertz CT molecular complexity index is 972. The van der Waals surface area contributed by atoms with Gasteiger partial charge in [0, 0.05) is 26.3 Å². The Morgan fingerprint density at radius 1 is 0.857 bits per heavy atom. The monoisotopic (exact) mass is 483 g/mol. The molecule has 0 unspecified atom stereocenters. The summed E-state index contributed by atoms with van der Waals surface area (Å²) in [5.41, 5.74) is 3.91. The maximum absolute atomic E-state index is 13.8. The Labute approximate surface area is 210 Å². The van der Waals surface area contributed by atoms with Crippen LogP contribution in [0.3, 0.4) is 0 Å². The van der Waals surface area contributed by atoms with E-state index >= 15 is 0 Å². The fourth-order valence-corrected chi connectivity index (χ4v) is 4.11. The summed E-state index contributed by atoms with van der Waals surface area (Å²) < 4.78 is 23.1. The van der Waals surface area contributed by atoms with Crippen molar-refractivity contribution in [1.82, 2.24) is 4.90 Å². The second kappa shape index (κ2) is 13.4. The SMILES string of the molecule is CCCCOc1cc(OCCCC)c(C(C)C)cc1C(=O)N1Cc2ccc(OCCOC)cc2C1. The molecule has 1 heterocycles. The smallest absolute Gasteiger partial charge is 0.258 e. The molecule has 0 saturated heterocycles. The van der Waals surface area contributed by atoms with Gasteiger partial charge in [0.15, 0.2) is 0 Å². The van der Waals surface area contributed by atoms with Gasteiger partial charge >= 0.3 is 0 Å². The van der Waals surface area contributed by atoms with Crippen LogP contribution in [0.5, 0.6) is 17.2 Å². The summed E-state index contributed by atoms with van der Waals surface area (Å²) in [6.45, 7) is 11.9. The summed E-state index contributed by atoms with van der Waals surface area (Å²) in [6, 6.07) is 9.95. The number of carbonyl (C=O) groups excluding carboxylic acids is 1. The predicted molar refractivity (Wildman–Crippen MR) is 139 cm³/mol. The molecular weight excluding hydrogens is 442 g/mol. The van der Waals surface area contributed by atoms with Gasteiger partial charge in [-0.25, -0.2) is 0 Å². The number of nitrogens with zero attached hydrogens (tertiary/aromatic N) is 1. The lowest BCUT2D eigenvalue weighted by atomic mass is 9.98. The van der Waals surface area contributed by atoms with Crippen LogP contribution in [0, 0.1) is 0 Å². The molecule has 1 aliphatic rings. The van der Waals surface area contributed by atoms with E-state index in [1.54, 1.807) is 7.11 Å². The molecule has 0 saturated carbocycles. The molecule has 6 heteroatoms. The van der Waals surface area contributed by atoms with Crippen molar-refractivity contribution in [2.75, 3.05) is 33.5 Å². The van der Waals surface area contributed by atoms with Crippen molar-refractivity contribution >= 4 is 5.91 Å². The van der Waals surface area contributed by atoms with Gasteiger partial charge in [-0.1, -0.05) is 46.6 Å². The van der Waals surface area contributed by atoms with Crippen LogP contribution in [-0.4, -0.2) is 44.3 Å². The summed E-state index contributed by atoms with van der Waals surface area (Å²) in [5.74, 6) is 2.44. The first-order chi connectivity index (χ1) is 17.0. The molecule has 2 aromatic rings. The Balaban J connectivity index is 1.85. The van der Waals surface area contributed by atoms with E-state index in [2.05, 4.69) is 27.7 Å². The second-order valence-electron chi connectivity index (χ2n) is 9.38. The standard InChI is InChI=1S/C29H41NO5/c1-6-8-12-34-27-18-28(35-13-9-7-2)26(17-25(27)21(3)4)29(31)30-19-22-10-11-24(16-23(22)20-30)33-15-14-32-5/h10-11,16-18,21H,6-9,12-15,19-20H2,1-5H3.